The number of carbonyl (C=O) groups is 2. The minimum atomic E-state index is -3.92. The molecule has 0 fully saturated rings. The van der Waals surface area contributed by atoms with Gasteiger partial charge in [0, 0.05) is 11.3 Å². The van der Waals surface area contributed by atoms with E-state index in [1.807, 2.05) is 16.9 Å². The minimum Gasteiger partial charge on any atom is -0.480 e. The lowest BCUT2D eigenvalue weighted by molar-refractivity contribution is -0.135. The number of rotatable bonds is 17. The van der Waals surface area contributed by atoms with Crippen LogP contribution in [-0.4, -0.2) is 31.9 Å². The van der Waals surface area contributed by atoms with Crippen molar-refractivity contribution < 1.29 is 23.1 Å². The molecule has 0 aliphatic carbocycles. The third-order valence-electron chi connectivity index (χ3n) is 5.87. The summed E-state index contributed by atoms with van der Waals surface area (Å²) in [5, 5.41) is 11.4. The molecule has 0 atom stereocenters. The molecule has 2 aromatic rings. The molecule has 0 bridgehead atoms. The number of benzene rings is 2. The Morgan fingerprint density at radius 2 is 1.31 bits per heavy atom. The molecule has 0 aromatic heterocycles. The summed E-state index contributed by atoms with van der Waals surface area (Å²) in [4.78, 5) is 23.0. The van der Waals surface area contributed by atoms with Crippen LogP contribution in [0.25, 0.3) is 0 Å². The van der Waals surface area contributed by atoms with Crippen LogP contribution < -0.4 is 10.0 Å². The lowest BCUT2D eigenvalue weighted by Gasteiger charge is -2.08. The molecule has 3 N–H and O–H groups in total. The number of amides is 1. The number of aryl methyl sites for hydroxylation is 1. The first-order valence-corrected chi connectivity index (χ1v) is 14.0. The number of carboxylic acid groups (broad SMARTS) is 1. The van der Waals surface area contributed by atoms with Crippen molar-refractivity contribution in [3.63, 3.8) is 0 Å². The minimum absolute atomic E-state index is 0.0759. The smallest absolute Gasteiger partial charge is 0.318 e. The second kappa shape index (κ2) is 15.3. The molecule has 0 spiro atoms. The van der Waals surface area contributed by atoms with Crippen LogP contribution in [0.4, 0.5) is 5.69 Å². The Morgan fingerprint density at radius 3 is 1.86 bits per heavy atom. The zero-order valence-electron chi connectivity index (χ0n) is 20.6. The number of unbranched alkanes of at least 4 members (excludes halogenated alkanes) is 9. The van der Waals surface area contributed by atoms with E-state index in [1.54, 1.807) is 12.1 Å². The summed E-state index contributed by atoms with van der Waals surface area (Å²) in [5.41, 5.74) is 2.18. The Morgan fingerprint density at radius 1 is 0.771 bits per heavy atom. The monoisotopic (exact) mass is 502 g/mol. The molecular formula is C27H38N2O5S. The molecule has 2 aromatic carbocycles. The Bertz CT molecular complexity index is 1020. The number of hydrogen-bond acceptors (Lipinski definition) is 4. The first kappa shape index (κ1) is 28.5. The predicted octanol–water partition coefficient (Wildman–Crippen LogP) is 5.77. The second-order valence-electron chi connectivity index (χ2n) is 8.83. The summed E-state index contributed by atoms with van der Waals surface area (Å²) in [7, 11) is -3.92. The Kier molecular flexibility index (Phi) is 12.5. The fourth-order valence-corrected chi connectivity index (χ4v) is 4.77. The number of nitrogens with one attached hydrogen (secondary N) is 2. The fraction of sp³-hybridized carbons (Fsp3) is 0.481. The van der Waals surface area contributed by atoms with Crippen molar-refractivity contribution in [3.05, 3.63) is 59.7 Å². The first-order chi connectivity index (χ1) is 16.8. The highest BCUT2D eigenvalue weighted by Gasteiger charge is 2.15. The number of carbonyl (C=O) groups excluding carboxylic acids is 1. The number of anilines is 1. The van der Waals surface area contributed by atoms with Crippen molar-refractivity contribution in [2.45, 2.75) is 82.4 Å². The van der Waals surface area contributed by atoms with Gasteiger partial charge >= 0.3 is 5.97 Å². The van der Waals surface area contributed by atoms with Crippen LogP contribution in [0.3, 0.4) is 0 Å². The largest absolute Gasteiger partial charge is 0.480 e. The summed E-state index contributed by atoms with van der Waals surface area (Å²) in [6.45, 7) is 1.55. The van der Waals surface area contributed by atoms with Gasteiger partial charge < -0.3 is 10.4 Å². The highest BCUT2D eigenvalue weighted by molar-refractivity contribution is 7.89. The zero-order chi connectivity index (χ0) is 25.5. The van der Waals surface area contributed by atoms with E-state index in [0.29, 0.717) is 11.3 Å². The van der Waals surface area contributed by atoms with Crippen molar-refractivity contribution in [1.29, 1.82) is 0 Å². The van der Waals surface area contributed by atoms with Crippen LogP contribution in [0.1, 0.15) is 87.1 Å². The van der Waals surface area contributed by atoms with E-state index in [0.717, 1.165) is 12.8 Å². The van der Waals surface area contributed by atoms with Gasteiger partial charge in [0.25, 0.3) is 5.91 Å². The topological polar surface area (TPSA) is 113 Å². The number of aliphatic carboxylic acids is 1. The average Bonchev–Trinajstić information content (AvgIpc) is 2.84. The molecule has 0 radical (unpaired) electrons. The van der Waals surface area contributed by atoms with E-state index in [4.69, 9.17) is 5.11 Å². The zero-order valence-corrected chi connectivity index (χ0v) is 21.4. The molecule has 0 heterocycles. The summed E-state index contributed by atoms with van der Waals surface area (Å²) >= 11 is 0. The highest BCUT2D eigenvalue weighted by Crippen LogP contribution is 2.16. The Balaban J connectivity index is 1.72. The first-order valence-electron chi connectivity index (χ1n) is 12.5. The number of carboxylic acids is 1. The summed E-state index contributed by atoms with van der Waals surface area (Å²) in [6.07, 6.45) is 14.1. The van der Waals surface area contributed by atoms with Crippen molar-refractivity contribution in [2.75, 3.05) is 11.9 Å². The van der Waals surface area contributed by atoms with Gasteiger partial charge in [-0.3, -0.25) is 9.59 Å². The van der Waals surface area contributed by atoms with E-state index < -0.39 is 22.5 Å². The molecule has 8 heteroatoms. The van der Waals surface area contributed by atoms with Gasteiger partial charge in [0.2, 0.25) is 10.0 Å². The van der Waals surface area contributed by atoms with Gasteiger partial charge in [0.1, 0.15) is 6.54 Å². The molecule has 0 saturated heterocycles. The van der Waals surface area contributed by atoms with Gasteiger partial charge in [-0.2, -0.15) is 4.72 Å². The molecule has 7 nitrogen and oxygen atoms in total. The number of sulfonamides is 1. The second-order valence-corrected chi connectivity index (χ2v) is 10.6. The van der Waals surface area contributed by atoms with Gasteiger partial charge in [-0.05, 0) is 54.8 Å². The van der Waals surface area contributed by atoms with Crippen molar-refractivity contribution in [2.24, 2.45) is 0 Å². The SMILES string of the molecule is CCCCCCCCCCCCc1ccc(C(=O)Nc2ccc(S(=O)(=O)NCC(=O)O)cc2)cc1. The van der Waals surface area contributed by atoms with Crippen molar-refractivity contribution in [3.8, 4) is 0 Å². The van der Waals surface area contributed by atoms with E-state index in [-0.39, 0.29) is 10.8 Å². The Labute approximate surface area is 209 Å². The number of hydrogen-bond donors (Lipinski definition) is 3. The van der Waals surface area contributed by atoms with E-state index in [1.165, 1.54) is 87.6 Å². The lowest BCUT2D eigenvalue weighted by Crippen LogP contribution is -2.29. The van der Waals surface area contributed by atoms with Crippen LogP contribution in [0.5, 0.6) is 0 Å². The quantitative estimate of drug-likeness (QED) is 0.238. The average molecular weight is 503 g/mol. The van der Waals surface area contributed by atoms with Crippen molar-refractivity contribution in [1.82, 2.24) is 4.72 Å². The van der Waals surface area contributed by atoms with E-state index in [2.05, 4.69) is 12.2 Å². The molecule has 2 rings (SSSR count). The molecule has 0 saturated carbocycles. The molecule has 35 heavy (non-hydrogen) atoms. The van der Waals surface area contributed by atoms with Crippen LogP contribution in [0.2, 0.25) is 0 Å². The van der Waals surface area contributed by atoms with Crippen LogP contribution in [0.15, 0.2) is 53.4 Å². The maximum atomic E-state index is 12.5. The molecule has 192 valence electrons. The standard InChI is InChI=1S/C27H38N2O5S/c1-2-3-4-5-6-7-8-9-10-11-12-22-13-15-23(16-14-22)27(32)29-24-17-19-25(20-18-24)35(33,34)28-21-26(30)31/h13-20,28H,2-12,21H2,1H3,(H,29,32)(H,30,31). The molecule has 1 amide bonds. The summed E-state index contributed by atoms with van der Waals surface area (Å²) in [5.74, 6) is -1.55. The van der Waals surface area contributed by atoms with Gasteiger partial charge in [-0.15, -0.1) is 0 Å². The normalized spacial score (nSPS) is 11.3. The van der Waals surface area contributed by atoms with Crippen LogP contribution in [-0.2, 0) is 21.2 Å². The summed E-state index contributed by atoms with van der Waals surface area (Å²) < 4.78 is 26.1. The summed E-state index contributed by atoms with van der Waals surface area (Å²) in [6, 6.07) is 13.1. The maximum absolute atomic E-state index is 12.5. The van der Waals surface area contributed by atoms with E-state index >= 15 is 0 Å². The lowest BCUT2D eigenvalue weighted by atomic mass is 10.0. The van der Waals surface area contributed by atoms with Gasteiger partial charge in [0.15, 0.2) is 0 Å². The van der Waals surface area contributed by atoms with Gasteiger partial charge in [-0.25, -0.2) is 8.42 Å². The highest BCUT2D eigenvalue weighted by atomic mass is 32.2. The molecular weight excluding hydrogens is 464 g/mol. The van der Waals surface area contributed by atoms with Crippen LogP contribution >= 0.6 is 0 Å². The fourth-order valence-electron chi connectivity index (χ4n) is 3.80. The molecule has 0 aliphatic rings. The van der Waals surface area contributed by atoms with Gasteiger partial charge in [0.05, 0.1) is 4.90 Å². The molecule has 0 aliphatic heterocycles. The van der Waals surface area contributed by atoms with Gasteiger partial charge in [-0.1, -0.05) is 76.8 Å². The third kappa shape index (κ3) is 11.0. The maximum Gasteiger partial charge on any atom is 0.318 e. The van der Waals surface area contributed by atoms with Crippen LogP contribution in [0, 0.1) is 0 Å². The van der Waals surface area contributed by atoms with E-state index in [9.17, 15) is 18.0 Å². The molecule has 0 unspecified atom stereocenters. The Hall–Kier alpha value is -2.71. The predicted molar refractivity (Wildman–Crippen MR) is 139 cm³/mol. The van der Waals surface area contributed by atoms with Crippen molar-refractivity contribution >= 4 is 27.6 Å². The third-order valence-corrected chi connectivity index (χ3v) is 7.29.